The second-order valence-electron chi connectivity index (χ2n) is 3.87. The molecule has 0 heterocycles. The molecule has 0 bridgehead atoms. The van der Waals surface area contributed by atoms with E-state index < -0.39 is 31.8 Å². The third kappa shape index (κ3) is 4.61. The van der Waals surface area contributed by atoms with Gasteiger partial charge in [-0.25, -0.2) is 0 Å². The molecule has 7 heteroatoms. The summed E-state index contributed by atoms with van der Waals surface area (Å²) in [4.78, 5) is 29.7. The lowest BCUT2D eigenvalue weighted by Gasteiger charge is -2.30. The molecule has 0 aliphatic carbocycles. The summed E-state index contributed by atoms with van der Waals surface area (Å²) in [6.07, 6.45) is 0.890. The summed E-state index contributed by atoms with van der Waals surface area (Å²) in [5.74, 6) is -0.498. The number of carbonyl (C=O) groups excluding carboxylic acids is 1. The third-order valence-electron chi connectivity index (χ3n) is 2.64. The van der Waals surface area contributed by atoms with Crippen LogP contribution in [0.2, 0.25) is 0 Å². The van der Waals surface area contributed by atoms with E-state index in [1.807, 2.05) is 6.92 Å². The molecule has 0 fully saturated rings. The van der Waals surface area contributed by atoms with E-state index in [0.29, 0.717) is 19.3 Å². The standard InChI is InChI=1S/C9H20NO5P/c1-3-5-9(4-2,6-16(13,14)15)8(12)10-7-11/h11H,3-7H2,1-2H3,(H,10,12)(H2,13,14,15). The molecule has 0 aliphatic heterocycles. The first-order chi connectivity index (χ1) is 7.31. The Hall–Kier alpha value is -0.420. The maximum atomic E-state index is 11.7. The van der Waals surface area contributed by atoms with Crippen molar-refractivity contribution in [1.29, 1.82) is 0 Å². The number of nitrogens with one attached hydrogen (secondary N) is 1. The molecule has 0 aromatic heterocycles. The molecule has 1 amide bonds. The van der Waals surface area contributed by atoms with Gasteiger partial charge in [0.15, 0.2) is 0 Å². The number of carbonyl (C=O) groups is 1. The van der Waals surface area contributed by atoms with Crippen LogP contribution in [-0.4, -0.2) is 33.7 Å². The monoisotopic (exact) mass is 253 g/mol. The fraction of sp³-hybridized carbons (Fsp3) is 0.889. The van der Waals surface area contributed by atoms with E-state index in [-0.39, 0.29) is 0 Å². The zero-order chi connectivity index (χ0) is 12.8. The molecule has 0 saturated heterocycles. The van der Waals surface area contributed by atoms with Gasteiger partial charge in [0.05, 0.1) is 11.6 Å². The molecule has 0 aromatic carbocycles. The molecule has 16 heavy (non-hydrogen) atoms. The molecule has 0 aliphatic rings. The van der Waals surface area contributed by atoms with Crippen LogP contribution in [0.15, 0.2) is 0 Å². The maximum absolute atomic E-state index is 11.7. The Labute approximate surface area is 95.2 Å². The van der Waals surface area contributed by atoms with Crippen molar-refractivity contribution in [3.63, 3.8) is 0 Å². The van der Waals surface area contributed by atoms with Crippen molar-refractivity contribution in [2.75, 3.05) is 12.9 Å². The fourth-order valence-electron chi connectivity index (χ4n) is 1.85. The van der Waals surface area contributed by atoms with Crippen molar-refractivity contribution in [3.8, 4) is 0 Å². The van der Waals surface area contributed by atoms with E-state index in [4.69, 9.17) is 14.9 Å². The van der Waals surface area contributed by atoms with Crippen molar-refractivity contribution >= 4 is 13.5 Å². The smallest absolute Gasteiger partial charge is 0.326 e. The van der Waals surface area contributed by atoms with Crippen LogP contribution in [0.1, 0.15) is 33.1 Å². The minimum atomic E-state index is -4.25. The number of amides is 1. The number of hydrogen-bond acceptors (Lipinski definition) is 3. The van der Waals surface area contributed by atoms with Crippen LogP contribution >= 0.6 is 7.60 Å². The first kappa shape index (κ1) is 15.6. The first-order valence-electron chi connectivity index (χ1n) is 5.25. The predicted molar refractivity (Wildman–Crippen MR) is 59.8 cm³/mol. The van der Waals surface area contributed by atoms with Gasteiger partial charge in [0.25, 0.3) is 0 Å². The van der Waals surface area contributed by atoms with E-state index in [1.54, 1.807) is 6.92 Å². The Balaban J connectivity index is 4.98. The summed E-state index contributed by atoms with van der Waals surface area (Å²) in [5, 5.41) is 10.9. The Bertz CT molecular complexity index is 277. The van der Waals surface area contributed by atoms with Crippen LogP contribution in [-0.2, 0) is 9.36 Å². The van der Waals surface area contributed by atoms with E-state index >= 15 is 0 Å². The highest BCUT2D eigenvalue weighted by Gasteiger charge is 2.41. The van der Waals surface area contributed by atoms with E-state index in [9.17, 15) is 9.36 Å². The van der Waals surface area contributed by atoms with Gasteiger partial charge in [0.2, 0.25) is 5.91 Å². The van der Waals surface area contributed by atoms with Gasteiger partial charge >= 0.3 is 7.60 Å². The largest absolute Gasteiger partial charge is 0.377 e. The Morgan fingerprint density at radius 3 is 2.25 bits per heavy atom. The molecular weight excluding hydrogens is 233 g/mol. The second kappa shape index (κ2) is 6.35. The van der Waals surface area contributed by atoms with Crippen LogP contribution in [0.25, 0.3) is 0 Å². The van der Waals surface area contributed by atoms with Gasteiger partial charge < -0.3 is 20.2 Å². The summed E-state index contributed by atoms with van der Waals surface area (Å²) in [7, 11) is -4.25. The zero-order valence-electron chi connectivity index (χ0n) is 9.64. The lowest BCUT2D eigenvalue weighted by molar-refractivity contribution is -0.132. The van der Waals surface area contributed by atoms with Crippen LogP contribution in [0.4, 0.5) is 0 Å². The first-order valence-corrected chi connectivity index (χ1v) is 7.05. The van der Waals surface area contributed by atoms with Crippen LogP contribution in [0.5, 0.6) is 0 Å². The molecule has 1 atom stereocenters. The summed E-state index contributed by atoms with van der Waals surface area (Å²) < 4.78 is 11.0. The minimum absolute atomic E-state index is 0.331. The van der Waals surface area contributed by atoms with Gasteiger partial charge in [0.1, 0.15) is 6.73 Å². The lowest BCUT2D eigenvalue weighted by Crippen LogP contribution is -2.43. The molecular formula is C9H20NO5P. The summed E-state index contributed by atoms with van der Waals surface area (Å²) in [5.41, 5.74) is -1.09. The van der Waals surface area contributed by atoms with Crippen molar-refractivity contribution in [2.24, 2.45) is 5.41 Å². The van der Waals surface area contributed by atoms with Crippen LogP contribution < -0.4 is 5.32 Å². The van der Waals surface area contributed by atoms with E-state index in [1.165, 1.54) is 0 Å². The Morgan fingerprint density at radius 1 is 1.38 bits per heavy atom. The van der Waals surface area contributed by atoms with Crippen molar-refractivity contribution in [1.82, 2.24) is 5.32 Å². The Kier molecular flexibility index (Phi) is 6.18. The topological polar surface area (TPSA) is 107 Å². The van der Waals surface area contributed by atoms with Gasteiger partial charge in [-0.2, -0.15) is 0 Å². The van der Waals surface area contributed by atoms with Crippen molar-refractivity contribution in [3.05, 3.63) is 0 Å². The average molecular weight is 253 g/mol. The molecule has 1 unspecified atom stereocenters. The summed E-state index contributed by atoms with van der Waals surface area (Å²) >= 11 is 0. The lowest BCUT2D eigenvalue weighted by atomic mass is 9.82. The van der Waals surface area contributed by atoms with Gasteiger partial charge in [-0.05, 0) is 12.8 Å². The molecule has 0 radical (unpaired) electrons. The third-order valence-corrected chi connectivity index (χ3v) is 3.65. The SMILES string of the molecule is CCCC(CC)(CP(=O)(O)O)C(=O)NCO. The second-order valence-corrected chi connectivity index (χ2v) is 5.52. The normalized spacial score (nSPS) is 15.6. The maximum Gasteiger partial charge on any atom is 0.326 e. The quantitative estimate of drug-likeness (QED) is 0.389. The molecule has 4 N–H and O–H groups in total. The zero-order valence-corrected chi connectivity index (χ0v) is 10.5. The molecule has 0 aromatic rings. The molecule has 0 spiro atoms. The Morgan fingerprint density at radius 2 is 1.94 bits per heavy atom. The summed E-state index contributed by atoms with van der Waals surface area (Å²) in [6, 6.07) is 0. The van der Waals surface area contributed by atoms with Gasteiger partial charge in [-0.1, -0.05) is 20.3 Å². The number of rotatable bonds is 7. The summed E-state index contributed by atoms with van der Waals surface area (Å²) in [6.45, 7) is 3.03. The van der Waals surface area contributed by atoms with Gasteiger partial charge in [-0.3, -0.25) is 9.36 Å². The number of aliphatic hydroxyl groups excluding tert-OH is 1. The molecule has 6 nitrogen and oxygen atoms in total. The number of aliphatic hydroxyl groups is 1. The van der Waals surface area contributed by atoms with Crippen molar-refractivity contribution < 1.29 is 24.3 Å². The van der Waals surface area contributed by atoms with E-state index in [0.717, 1.165) is 0 Å². The van der Waals surface area contributed by atoms with Gasteiger partial charge in [-0.15, -0.1) is 0 Å². The van der Waals surface area contributed by atoms with Crippen LogP contribution in [0, 0.1) is 5.41 Å². The minimum Gasteiger partial charge on any atom is -0.377 e. The molecule has 0 saturated carbocycles. The fourth-order valence-corrected chi connectivity index (χ4v) is 3.16. The highest BCUT2D eigenvalue weighted by molar-refractivity contribution is 7.51. The predicted octanol–water partition coefficient (Wildman–Crippen LogP) is 0.427. The van der Waals surface area contributed by atoms with E-state index in [2.05, 4.69) is 5.32 Å². The number of hydrogen-bond donors (Lipinski definition) is 4. The molecule has 0 rings (SSSR count). The highest BCUT2D eigenvalue weighted by Crippen LogP contribution is 2.45. The molecule has 96 valence electrons. The van der Waals surface area contributed by atoms with Crippen LogP contribution in [0.3, 0.4) is 0 Å². The van der Waals surface area contributed by atoms with Gasteiger partial charge in [0, 0.05) is 0 Å². The average Bonchev–Trinajstić information content (AvgIpc) is 2.15. The van der Waals surface area contributed by atoms with Crippen molar-refractivity contribution in [2.45, 2.75) is 33.1 Å². The highest BCUT2D eigenvalue weighted by atomic mass is 31.2.